The van der Waals surface area contributed by atoms with E-state index in [1.165, 1.54) is 6.42 Å². The van der Waals surface area contributed by atoms with Gasteiger partial charge in [0.1, 0.15) is 0 Å². The molecule has 1 aliphatic carbocycles. The quantitative estimate of drug-likeness (QED) is 0.746. The molecule has 0 spiro atoms. The summed E-state index contributed by atoms with van der Waals surface area (Å²) in [4.78, 5) is 14.9. The minimum absolute atomic E-state index is 0.132. The van der Waals surface area contributed by atoms with Crippen LogP contribution in [0.2, 0.25) is 0 Å². The topological polar surface area (TPSA) is 42.0 Å². The van der Waals surface area contributed by atoms with Gasteiger partial charge in [-0.2, -0.15) is 0 Å². The van der Waals surface area contributed by atoms with Crippen LogP contribution in [0.3, 0.4) is 0 Å². The van der Waals surface area contributed by atoms with Crippen LogP contribution in [0.1, 0.15) is 30.0 Å². The third kappa shape index (κ3) is 1.35. The van der Waals surface area contributed by atoms with Gasteiger partial charge in [-0.05, 0) is 26.2 Å². The van der Waals surface area contributed by atoms with Crippen LogP contribution in [-0.4, -0.2) is 11.4 Å². The van der Waals surface area contributed by atoms with Crippen molar-refractivity contribution in [1.82, 2.24) is 10.3 Å². The molecule has 70 valence electrons. The van der Waals surface area contributed by atoms with Crippen LogP contribution in [0.4, 0.5) is 0 Å². The molecule has 1 heterocycles. The van der Waals surface area contributed by atoms with E-state index < -0.39 is 0 Å². The Labute approximate surface area is 81.2 Å². The van der Waals surface area contributed by atoms with Gasteiger partial charge in [0.25, 0.3) is 0 Å². The molecule has 0 saturated heterocycles. The largest absolute Gasteiger partial charge is 0.348 e. The highest BCUT2D eigenvalue weighted by Gasteiger charge is 2.40. The lowest BCUT2D eigenvalue weighted by atomic mass is 9.75. The number of thiazole rings is 1. The second-order valence-electron chi connectivity index (χ2n) is 3.45. The Hall–Kier alpha value is -0.900. The van der Waals surface area contributed by atoms with Gasteiger partial charge in [0.05, 0.1) is 16.2 Å². The third-order valence-electron chi connectivity index (χ3n) is 2.65. The Bertz CT molecular complexity index is 317. The summed E-state index contributed by atoms with van der Waals surface area (Å²) in [6.45, 7) is 1.99. The van der Waals surface area contributed by atoms with Gasteiger partial charge in [-0.3, -0.25) is 4.79 Å². The number of rotatable bonds is 3. The van der Waals surface area contributed by atoms with E-state index in [0.717, 1.165) is 30.0 Å². The highest BCUT2D eigenvalue weighted by atomic mass is 32.1. The number of amides is 1. The normalized spacial score (nSPS) is 19.2. The Morgan fingerprint density at radius 1 is 1.69 bits per heavy atom. The molecule has 1 aliphatic rings. The molecule has 0 bridgehead atoms. The zero-order valence-electron chi connectivity index (χ0n) is 7.54. The van der Waals surface area contributed by atoms with Crippen molar-refractivity contribution in [1.29, 1.82) is 0 Å². The summed E-state index contributed by atoms with van der Waals surface area (Å²) < 4.78 is 0. The highest BCUT2D eigenvalue weighted by Crippen LogP contribution is 2.40. The van der Waals surface area contributed by atoms with Gasteiger partial charge in [0, 0.05) is 5.38 Å². The molecule has 0 unspecified atom stereocenters. The number of hydrogen-bond donors (Lipinski definition) is 1. The molecule has 2 rings (SSSR count). The van der Waals surface area contributed by atoms with Gasteiger partial charge >= 0.3 is 0 Å². The van der Waals surface area contributed by atoms with E-state index in [4.69, 9.17) is 0 Å². The number of nitrogens with one attached hydrogen (secondary N) is 1. The molecule has 0 atom stereocenters. The lowest BCUT2D eigenvalue weighted by Gasteiger charge is -2.39. The maximum atomic E-state index is 10.5. The number of nitrogens with zero attached hydrogens (tertiary/aromatic N) is 1. The molecule has 0 aliphatic heterocycles. The second kappa shape index (κ2) is 3.10. The van der Waals surface area contributed by atoms with Gasteiger partial charge in [-0.25, -0.2) is 4.98 Å². The van der Waals surface area contributed by atoms with Crippen LogP contribution in [0.5, 0.6) is 0 Å². The maximum Gasteiger partial charge on any atom is 0.207 e. The van der Waals surface area contributed by atoms with Gasteiger partial charge in [0.2, 0.25) is 6.41 Å². The van der Waals surface area contributed by atoms with E-state index in [1.54, 1.807) is 11.3 Å². The van der Waals surface area contributed by atoms with E-state index in [2.05, 4.69) is 10.3 Å². The first-order valence-electron chi connectivity index (χ1n) is 4.41. The third-order valence-corrected chi connectivity index (χ3v) is 3.43. The first kappa shape index (κ1) is 8.69. The van der Waals surface area contributed by atoms with Crippen molar-refractivity contribution < 1.29 is 4.79 Å². The van der Waals surface area contributed by atoms with E-state index in [1.807, 2.05) is 12.3 Å². The van der Waals surface area contributed by atoms with Crippen molar-refractivity contribution in [3.8, 4) is 0 Å². The predicted molar refractivity (Wildman–Crippen MR) is 51.6 cm³/mol. The molecule has 1 fully saturated rings. The van der Waals surface area contributed by atoms with E-state index in [-0.39, 0.29) is 5.54 Å². The van der Waals surface area contributed by atoms with E-state index in [9.17, 15) is 4.79 Å². The fourth-order valence-electron chi connectivity index (χ4n) is 1.70. The lowest BCUT2D eigenvalue weighted by molar-refractivity contribution is -0.112. The maximum absolute atomic E-state index is 10.5. The van der Waals surface area contributed by atoms with E-state index >= 15 is 0 Å². The summed E-state index contributed by atoms with van der Waals surface area (Å²) in [7, 11) is 0. The molecule has 13 heavy (non-hydrogen) atoms. The van der Waals surface area contributed by atoms with E-state index in [0.29, 0.717) is 0 Å². The Morgan fingerprint density at radius 3 is 2.85 bits per heavy atom. The lowest BCUT2D eigenvalue weighted by Crippen LogP contribution is -2.47. The smallest absolute Gasteiger partial charge is 0.207 e. The molecule has 4 heteroatoms. The summed E-state index contributed by atoms with van der Waals surface area (Å²) in [6.07, 6.45) is 4.01. The van der Waals surface area contributed by atoms with Crippen LogP contribution >= 0.6 is 11.3 Å². The van der Waals surface area contributed by atoms with Crippen LogP contribution in [0.25, 0.3) is 0 Å². The molecular formula is C9H12N2OS. The van der Waals surface area contributed by atoms with Crippen LogP contribution in [-0.2, 0) is 10.3 Å². The first-order valence-corrected chi connectivity index (χ1v) is 5.29. The standard InChI is InChI=1S/C9H12N2OS/c1-7-11-8(5-13-7)9(10-6-12)3-2-4-9/h5-6H,2-4H2,1H3,(H,10,12). The minimum Gasteiger partial charge on any atom is -0.348 e. The van der Waals surface area contributed by atoms with Gasteiger partial charge in [-0.15, -0.1) is 11.3 Å². The molecule has 1 aromatic rings. The molecule has 1 saturated carbocycles. The zero-order valence-corrected chi connectivity index (χ0v) is 8.36. The molecule has 1 N–H and O–H groups in total. The number of hydrogen-bond acceptors (Lipinski definition) is 3. The predicted octanol–water partition coefficient (Wildman–Crippen LogP) is 1.58. The summed E-state index contributed by atoms with van der Waals surface area (Å²) in [5.41, 5.74) is 0.903. The molecule has 1 amide bonds. The Balaban J connectivity index is 2.25. The number of carbonyl (C=O) groups is 1. The first-order chi connectivity index (χ1) is 6.27. The summed E-state index contributed by atoms with van der Waals surface area (Å²) in [5.74, 6) is 0. The van der Waals surface area contributed by atoms with Crippen molar-refractivity contribution in [2.45, 2.75) is 31.7 Å². The summed E-state index contributed by atoms with van der Waals surface area (Å²) >= 11 is 1.64. The minimum atomic E-state index is -0.132. The SMILES string of the molecule is Cc1nc(C2(NC=O)CCC2)cs1. The second-order valence-corrected chi connectivity index (χ2v) is 4.51. The number of aromatic nitrogens is 1. The Kier molecular flexibility index (Phi) is 2.07. The van der Waals surface area contributed by atoms with Gasteiger partial charge in [0.15, 0.2) is 0 Å². The van der Waals surface area contributed by atoms with Crippen LogP contribution in [0, 0.1) is 6.92 Å². The zero-order chi connectivity index (χ0) is 9.31. The number of aryl methyl sites for hydroxylation is 1. The van der Waals surface area contributed by atoms with Gasteiger partial charge in [-0.1, -0.05) is 0 Å². The molecule has 0 aromatic carbocycles. The molecule has 0 radical (unpaired) electrons. The highest BCUT2D eigenvalue weighted by molar-refractivity contribution is 7.09. The monoisotopic (exact) mass is 196 g/mol. The van der Waals surface area contributed by atoms with Gasteiger partial charge < -0.3 is 5.32 Å². The van der Waals surface area contributed by atoms with Crippen molar-refractivity contribution in [2.75, 3.05) is 0 Å². The Morgan fingerprint density at radius 2 is 2.46 bits per heavy atom. The fraction of sp³-hybridized carbons (Fsp3) is 0.556. The van der Waals surface area contributed by atoms with Crippen molar-refractivity contribution in [3.05, 3.63) is 16.1 Å². The average Bonchev–Trinajstić information content (AvgIpc) is 2.44. The van der Waals surface area contributed by atoms with Crippen molar-refractivity contribution in [3.63, 3.8) is 0 Å². The number of carbonyl (C=O) groups excluding carboxylic acids is 1. The van der Waals surface area contributed by atoms with Crippen molar-refractivity contribution in [2.24, 2.45) is 0 Å². The molecule has 3 nitrogen and oxygen atoms in total. The summed E-state index contributed by atoms with van der Waals surface area (Å²) in [6, 6.07) is 0. The average molecular weight is 196 g/mol. The molecular weight excluding hydrogens is 184 g/mol. The van der Waals surface area contributed by atoms with Crippen molar-refractivity contribution >= 4 is 17.7 Å². The summed E-state index contributed by atoms with van der Waals surface area (Å²) in [5, 5.41) is 6.00. The van der Waals surface area contributed by atoms with Crippen LogP contribution < -0.4 is 5.32 Å². The van der Waals surface area contributed by atoms with Crippen LogP contribution in [0.15, 0.2) is 5.38 Å². The molecule has 1 aromatic heterocycles. The fourth-order valence-corrected chi connectivity index (χ4v) is 2.41.